The molecule has 0 aromatic carbocycles. The average Bonchev–Trinajstić information content (AvgIpc) is 2.53. The monoisotopic (exact) mass is 309 g/mol. The van der Waals surface area contributed by atoms with Crippen molar-refractivity contribution in [2.75, 3.05) is 12.3 Å². The molecule has 0 saturated carbocycles. The Hall–Kier alpha value is 0.740. The maximum atomic E-state index is 11.5. The van der Waals surface area contributed by atoms with E-state index in [1.54, 1.807) is 0 Å². The van der Waals surface area contributed by atoms with Crippen LogP contribution < -0.4 is 0 Å². The van der Waals surface area contributed by atoms with Crippen LogP contribution in [0.2, 0.25) is 0 Å². The van der Waals surface area contributed by atoms with Crippen molar-refractivity contribution in [1.82, 2.24) is 5.06 Å². The van der Waals surface area contributed by atoms with Gasteiger partial charge in [0.05, 0.1) is 5.54 Å². The summed E-state index contributed by atoms with van der Waals surface area (Å²) in [7, 11) is -3.84. The van der Waals surface area contributed by atoms with Crippen LogP contribution in [0.3, 0.4) is 0 Å². The summed E-state index contributed by atoms with van der Waals surface area (Å²) >= 11 is 16.2. The fourth-order valence-corrected chi connectivity index (χ4v) is 3.66. The van der Waals surface area contributed by atoms with Gasteiger partial charge in [0.15, 0.2) is 0 Å². The zero-order chi connectivity index (χ0) is 12.6. The molecule has 0 aliphatic carbocycles. The second-order valence-corrected chi connectivity index (χ2v) is 8.24. The van der Waals surface area contributed by atoms with Gasteiger partial charge in [-0.15, -0.1) is 0 Å². The summed E-state index contributed by atoms with van der Waals surface area (Å²) in [4.78, 5) is 0. The number of nitrogens with zero attached hydrogens (tertiary/aromatic N) is 1. The lowest BCUT2D eigenvalue weighted by molar-refractivity contribution is 0.0374. The fourth-order valence-electron chi connectivity index (χ4n) is 1.50. The van der Waals surface area contributed by atoms with Crippen LogP contribution >= 0.6 is 34.8 Å². The van der Waals surface area contributed by atoms with Crippen molar-refractivity contribution >= 4 is 44.9 Å². The van der Waals surface area contributed by atoms with Crippen LogP contribution in [-0.4, -0.2) is 35.1 Å². The normalized spacial score (nSPS) is 30.4. The van der Waals surface area contributed by atoms with Crippen molar-refractivity contribution in [3.63, 3.8) is 0 Å². The summed E-state index contributed by atoms with van der Waals surface area (Å²) in [5.41, 5.74) is -0.199. The van der Waals surface area contributed by atoms with Gasteiger partial charge in [-0.3, -0.25) is 0 Å². The van der Waals surface area contributed by atoms with E-state index in [0.29, 0.717) is 6.54 Å². The fraction of sp³-hybridized carbons (Fsp3) is 1.00. The van der Waals surface area contributed by atoms with E-state index in [1.807, 2.05) is 13.8 Å². The first-order chi connectivity index (χ1) is 7.08. The first kappa shape index (κ1) is 14.8. The minimum absolute atomic E-state index is 0.199. The third-order valence-corrected chi connectivity index (χ3v) is 4.39. The lowest BCUT2D eigenvalue weighted by Gasteiger charge is -2.14. The summed E-state index contributed by atoms with van der Waals surface area (Å²) in [5.74, 6) is -0.649. The van der Waals surface area contributed by atoms with Crippen LogP contribution in [-0.2, 0) is 14.4 Å². The van der Waals surface area contributed by atoms with Gasteiger partial charge < -0.3 is 0 Å². The second kappa shape index (κ2) is 4.78. The van der Waals surface area contributed by atoms with Crippen LogP contribution in [0.1, 0.15) is 26.7 Å². The van der Waals surface area contributed by atoms with Crippen molar-refractivity contribution in [2.24, 2.45) is 0 Å². The third-order valence-electron chi connectivity index (χ3n) is 2.32. The third kappa shape index (κ3) is 4.55. The molecule has 96 valence electrons. The molecule has 0 N–H and O–H groups in total. The highest BCUT2D eigenvalue weighted by Crippen LogP contribution is 2.38. The molecule has 0 aromatic rings. The van der Waals surface area contributed by atoms with E-state index in [-0.39, 0.29) is 5.54 Å². The van der Waals surface area contributed by atoms with E-state index in [4.69, 9.17) is 39.1 Å². The van der Waals surface area contributed by atoms with Gasteiger partial charge in [0.2, 0.25) is 3.79 Å². The van der Waals surface area contributed by atoms with Gasteiger partial charge >= 0.3 is 0 Å². The molecule has 4 nitrogen and oxygen atoms in total. The Bertz CT molecular complexity index is 354. The Morgan fingerprint density at radius 1 is 1.44 bits per heavy atom. The number of hydroxylamine groups is 2. The van der Waals surface area contributed by atoms with Gasteiger partial charge in [0.1, 0.15) is 5.75 Å². The van der Waals surface area contributed by atoms with E-state index in [1.165, 1.54) is 5.06 Å². The standard InChI is InChI=1S/C8H14Cl3NO3S/c1-3-4-7(2)5-12(7)15-16(13,14)6-8(9,10)11/h3-6H2,1-2H3. The maximum Gasteiger partial charge on any atom is 0.287 e. The molecule has 2 atom stereocenters. The van der Waals surface area contributed by atoms with Gasteiger partial charge in [0.25, 0.3) is 10.1 Å². The summed E-state index contributed by atoms with van der Waals surface area (Å²) in [6.07, 6.45) is 1.83. The molecule has 0 amide bonds. The molecule has 16 heavy (non-hydrogen) atoms. The number of halogens is 3. The summed E-state index contributed by atoms with van der Waals surface area (Å²) in [6.45, 7) is 4.54. The van der Waals surface area contributed by atoms with Crippen LogP contribution in [0.25, 0.3) is 0 Å². The molecule has 2 unspecified atom stereocenters. The highest BCUT2D eigenvalue weighted by molar-refractivity contribution is 7.87. The predicted octanol–water partition coefficient (Wildman–Crippen LogP) is 2.49. The molecular weight excluding hydrogens is 297 g/mol. The minimum atomic E-state index is -3.84. The van der Waals surface area contributed by atoms with Gasteiger partial charge in [0, 0.05) is 6.54 Å². The molecule has 0 aromatic heterocycles. The molecular formula is C8H14Cl3NO3S. The number of hydrogen-bond acceptors (Lipinski definition) is 4. The van der Waals surface area contributed by atoms with Gasteiger partial charge in [-0.05, 0) is 13.3 Å². The Kier molecular flexibility index (Phi) is 4.42. The highest BCUT2D eigenvalue weighted by atomic mass is 35.6. The molecule has 1 heterocycles. The van der Waals surface area contributed by atoms with Crippen molar-refractivity contribution in [3.05, 3.63) is 0 Å². The van der Waals surface area contributed by atoms with Gasteiger partial charge in [-0.2, -0.15) is 17.8 Å². The van der Waals surface area contributed by atoms with E-state index in [0.717, 1.165) is 12.8 Å². The van der Waals surface area contributed by atoms with Crippen molar-refractivity contribution < 1.29 is 12.7 Å². The van der Waals surface area contributed by atoms with Crippen LogP contribution in [0.5, 0.6) is 0 Å². The topological polar surface area (TPSA) is 46.4 Å². The van der Waals surface area contributed by atoms with Crippen molar-refractivity contribution in [3.8, 4) is 0 Å². The molecule has 1 saturated heterocycles. The zero-order valence-corrected chi connectivity index (χ0v) is 12.1. The molecule has 1 fully saturated rings. The molecule has 0 radical (unpaired) electrons. The Morgan fingerprint density at radius 2 is 2.00 bits per heavy atom. The molecule has 1 aliphatic heterocycles. The molecule has 0 bridgehead atoms. The SMILES string of the molecule is CCCC1(C)CN1OS(=O)(=O)CC(Cl)(Cl)Cl. The van der Waals surface area contributed by atoms with E-state index in [9.17, 15) is 8.42 Å². The summed E-state index contributed by atoms with van der Waals surface area (Å²) in [5, 5.41) is 1.40. The quantitative estimate of drug-likeness (QED) is 0.578. The highest BCUT2D eigenvalue weighted by Gasteiger charge is 2.51. The molecule has 8 heteroatoms. The summed E-state index contributed by atoms with van der Waals surface area (Å²) < 4.78 is 25.9. The Balaban J connectivity index is 2.51. The van der Waals surface area contributed by atoms with Gasteiger partial charge in [-0.1, -0.05) is 48.1 Å². The largest absolute Gasteiger partial charge is 0.287 e. The Morgan fingerprint density at radius 3 is 2.44 bits per heavy atom. The van der Waals surface area contributed by atoms with Crippen LogP contribution in [0.15, 0.2) is 0 Å². The van der Waals surface area contributed by atoms with Crippen molar-refractivity contribution in [2.45, 2.75) is 36.0 Å². The summed E-state index contributed by atoms with van der Waals surface area (Å²) in [6, 6.07) is 0. The minimum Gasteiger partial charge on any atom is -0.198 e. The number of rotatable bonds is 5. The lowest BCUT2D eigenvalue weighted by atomic mass is 10.1. The van der Waals surface area contributed by atoms with Gasteiger partial charge in [-0.25, -0.2) is 0 Å². The molecule has 1 aliphatic rings. The maximum absolute atomic E-state index is 11.5. The van der Waals surface area contributed by atoms with Crippen LogP contribution in [0, 0.1) is 0 Å². The zero-order valence-electron chi connectivity index (χ0n) is 9.04. The second-order valence-electron chi connectivity index (χ2n) is 4.18. The molecule has 0 spiro atoms. The number of hydrogen-bond donors (Lipinski definition) is 0. The first-order valence-corrected chi connectivity index (χ1v) is 7.56. The first-order valence-electron chi connectivity index (χ1n) is 4.85. The average molecular weight is 311 g/mol. The van der Waals surface area contributed by atoms with E-state index < -0.39 is 19.7 Å². The Labute approximate surface area is 111 Å². The van der Waals surface area contributed by atoms with Crippen LogP contribution in [0.4, 0.5) is 0 Å². The lowest BCUT2D eigenvalue weighted by Crippen LogP contribution is -2.26. The van der Waals surface area contributed by atoms with Crippen molar-refractivity contribution in [1.29, 1.82) is 0 Å². The number of alkyl halides is 3. The van der Waals surface area contributed by atoms with E-state index in [2.05, 4.69) is 0 Å². The van der Waals surface area contributed by atoms with E-state index >= 15 is 0 Å². The molecule has 1 rings (SSSR count). The smallest absolute Gasteiger partial charge is 0.198 e. The predicted molar refractivity (Wildman–Crippen MR) is 65.2 cm³/mol.